The number of nitro groups is 1. The SMILES string of the molecule is O=[N+]([O-])c1ccc(-c2c(Cl)c3ccccc3n2Cc2ccccc2)cc1. The Morgan fingerprint density at radius 2 is 1.54 bits per heavy atom. The minimum Gasteiger partial charge on any atom is -0.335 e. The van der Waals surface area contributed by atoms with Gasteiger partial charge < -0.3 is 4.57 Å². The first-order chi connectivity index (χ1) is 12.6. The zero-order valence-electron chi connectivity index (χ0n) is 13.8. The van der Waals surface area contributed by atoms with Gasteiger partial charge in [0, 0.05) is 29.6 Å². The largest absolute Gasteiger partial charge is 0.335 e. The maximum atomic E-state index is 10.9. The Labute approximate surface area is 155 Å². The smallest absolute Gasteiger partial charge is 0.269 e. The van der Waals surface area contributed by atoms with Crippen LogP contribution in [-0.2, 0) is 6.54 Å². The number of hydrogen-bond acceptors (Lipinski definition) is 2. The molecule has 1 aromatic heterocycles. The van der Waals surface area contributed by atoms with E-state index in [-0.39, 0.29) is 5.69 Å². The lowest BCUT2D eigenvalue weighted by Gasteiger charge is -2.12. The van der Waals surface area contributed by atoms with E-state index in [1.54, 1.807) is 12.1 Å². The molecule has 3 aromatic carbocycles. The van der Waals surface area contributed by atoms with E-state index in [4.69, 9.17) is 11.6 Å². The van der Waals surface area contributed by atoms with Crippen molar-refractivity contribution in [2.45, 2.75) is 6.54 Å². The zero-order chi connectivity index (χ0) is 18.1. The summed E-state index contributed by atoms with van der Waals surface area (Å²) in [5.74, 6) is 0. The topological polar surface area (TPSA) is 48.1 Å². The van der Waals surface area contributed by atoms with Crippen molar-refractivity contribution in [2.75, 3.05) is 0 Å². The zero-order valence-corrected chi connectivity index (χ0v) is 14.6. The molecule has 0 fully saturated rings. The molecule has 4 rings (SSSR count). The number of benzene rings is 3. The minimum absolute atomic E-state index is 0.0654. The van der Waals surface area contributed by atoms with Gasteiger partial charge in [-0.15, -0.1) is 0 Å². The molecule has 4 aromatic rings. The predicted molar refractivity (Wildman–Crippen MR) is 105 cm³/mol. The van der Waals surface area contributed by atoms with Crippen LogP contribution in [0.25, 0.3) is 22.2 Å². The van der Waals surface area contributed by atoms with Crippen LogP contribution in [0.15, 0.2) is 78.9 Å². The van der Waals surface area contributed by atoms with E-state index in [0.29, 0.717) is 11.6 Å². The lowest BCUT2D eigenvalue weighted by Crippen LogP contribution is -2.01. The summed E-state index contributed by atoms with van der Waals surface area (Å²) in [7, 11) is 0. The molecule has 0 amide bonds. The molecule has 0 bridgehead atoms. The predicted octanol–water partition coefficient (Wildman–Crippen LogP) is 5.92. The van der Waals surface area contributed by atoms with Gasteiger partial charge in [0.1, 0.15) is 0 Å². The molecule has 4 nitrogen and oxygen atoms in total. The molecular formula is C21H15ClN2O2. The van der Waals surface area contributed by atoms with E-state index >= 15 is 0 Å². The monoisotopic (exact) mass is 362 g/mol. The third kappa shape index (κ3) is 2.85. The number of aromatic nitrogens is 1. The summed E-state index contributed by atoms with van der Waals surface area (Å²) in [6, 6.07) is 24.6. The summed E-state index contributed by atoms with van der Waals surface area (Å²) < 4.78 is 2.16. The second-order valence-corrected chi connectivity index (χ2v) is 6.43. The minimum atomic E-state index is -0.398. The summed E-state index contributed by atoms with van der Waals surface area (Å²) in [6.07, 6.45) is 0. The number of para-hydroxylation sites is 1. The van der Waals surface area contributed by atoms with Gasteiger partial charge in [0.2, 0.25) is 0 Å². The maximum Gasteiger partial charge on any atom is 0.269 e. The molecule has 0 N–H and O–H groups in total. The average Bonchev–Trinajstić information content (AvgIpc) is 2.95. The van der Waals surface area contributed by atoms with E-state index in [1.807, 2.05) is 42.5 Å². The normalized spacial score (nSPS) is 11.0. The van der Waals surface area contributed by atoms with Crippen LogP contribution >= 0.6 is 11.6 Å². The molecule has 0 aliphatic carbocycles. The van der Waals surface area contributed by atoms with Crippen LogP contribution in [0.5, 0.6) is 0 Å². The van der Waals surface area contributed by atoms with Crippen molar-refractivity contribution < 1.29 is 4.92 Å². The number of rotatable bonds is 4. The summed E-state index contributed by atoms with van der Waals surface area (Å²) in [5, 5.41) is 12.6. The van der Waals surface area contributed by atoms with Crippen molar-refractivity contribution in [1.29, 1.82) is 0 Å². The Morgan fingerprint density at radius 1 is 0.885 bits per heavy atom. The fourth-order valence-corrected chi connectivity index (χ4v) is 3.59. The molecule has 0 spiro atoms. The molecule has 0 aliphatic rings. The number of halogens is 1. The number of hydrogen-bond donors (Lipinski definition) is 0. The highest BCUT2D eigenvalue weighted by Gasteiger charge is 2.18. The van der Waals surface area contributed by atoms with Crippen molar-refractivity contribution in [3.8, 4) is 11.3 Å². The molecule has 26 heavy (non-hydrogen) atoms. The summed E-state index contributed by atoms with van der Waals surface area (Å²) in [5.41, 5.74) is 3.98. The van der Waals surface area contributed by atoms with Crippen LogP contribution in [0.3, 0.4) is 0 Å². The summed E-state index contributed by atoms with van der Waals surface area (Å²) in [4.78, 5) is 10.5. The van der Waals surface area contributed by atoms with Crippen molar-refractivity contribution in [3.63, 3.8) is 0 Å². The van der Waals surface area contributed by atoms with Crippen LogP contribution in [0.2, 0.25) is 5.02 Å². The Balaban J connectivity index is 1.91. The lowest BCUT2D eigenvalue weighted by molar-refractivity contribution is -0.384. The molecule has 1 heterocycles. The van der Waals surface area contributed by atoms with Crippen LogP contribution in [-0.4, -0.2) is 9.49 Å². The van der Waals surface area contributed by atoms with Gasteiger partial charge in [-0.1, -0.05) is 60.1 Å². The highest BCUT2D eigenvalue weighted by molar-refractivity contribution is 6.38. The average molecular weight is 363 g/mol. The Morgan fingerprint density at radius 3 is 2.23 bits per heavy atom. The van der Waals surface area contributed by atoms with Gasteiger partial charge in [0.25, 0.3) is 5.69 Å². The Kier molecular flexibility index (Phi) is 4.19. The summed E-state index contributed by atoms with van der Waals surface area (Å²) in [6.45, 7) is 0.667. The van der Waals surface area contributed by atoms with E-state index in [0.717, 1.165) is 27.7 Å². The second kappa shape index (κ2) is 6.65. The Hall–Kier alpha value is -3.11. The van der Waals surface area contributed by atoms with E-state index in [2.05, 4.69) is 16.7 Å². The van der Waals surface area contributed by atoms with Crippen LogP contribution < -0.4 is 0 Å². The van der Waals surface area contributed by atoms with E-state index in [1.165, 1.54) is 12.1 Å². The number of nitro benzene ring substituents is 1. The maximum absolute atomic E-state index is 10.9. The van der Waals surface area contributed by atoms with Gasteiger partial charge in [0.15, 0.2) is 0 Å². The van der Waals surface area contributed by atoms with Gasteiger partial charge >= 0.3 is 0 Å². The third-order valence-electron chi connectivity index (χ3n) is 4.44. The first-order valence-electron chi connectivity index (χ1n) is 8.20. The van der Waals surface area contributed by atoms with Gasteiger partial charge in [-0.3, -0.25) is 10.1 Å². The standard InChI is InChI=1S/C21H15ClN2O2/c22-20-18-8-4-5-9-19(18)23(14-15-6-2-1-3-7-15)21(20)16-10-12-17(13-11-16)24(25)26/h1-13H,14H2. The highest BCUT2D eigenvalue weighted by atomic mass is 35.5. The van der Waals surface area contributed by atoms with Crippen LogP contribution in [0.1, 0.15) is 5.56 Å². The number of nitrogens with zero attached hydrogens (tertiary/aromatic N) is 2. The molecule has 128 valence electrons. The molecule has 0 saturated carbocycles. The molecule has 0 saturated heterocycles. The molecule has 0 unspecified atom stereocenters. The third-order valence-corrected chi connectivity index (χ3v) is 4.83. The van der Waals surface area contributed by atoms with Crippen molar-refractivity contribution >= 4 is 28.2 Å². The fraction of sp³-hybridized carbons (Fsp3) is 0.0476. The first-order valence-corrected chi connectivity index (χ1v) is 8.58. The molecule has 5 heteroatoms. The second-order valence-electron chi connectivity index (χ2n) is 6.06. The van der Waals surface area contributed by atoms with Crippen LogP contribution in [0, 0.1) is 10.1 Å². The van der Waals surface area contributed by atoms with E-state index < -0.39 is 4.92 Å². The fourth-order valence-electron chi connectivity index (χ4n) is 3.21. The van der Waals surface area contributed by atoms with Crippen molar-refractivity contribution in [1.82, 2.24) is 4.57 Å². The van der Waals surface area contributed by atoms with Gasteiger partial charge in [-0.25, -0.2) is 0 Å². The van der Waals surface area contributed by atoms with Crippen molar-refractivity contribution in [3.05, 3.63) is 99.6 Å². The molecule has 0 radical (unpaired) electrons. The molecular weight excluding hydrogens is 348 g/mol. The number of fused-ring (bicyclic) bond motifs is 1. The van der Waals surface area contributed by atoms with Crippen molar-refractivity contribution in [2.24, 2.45) is 0 Å². The van der Waals surface area contributed by atoms with Gasteiger partial charge in [0.05, 0.1) is 21.2 Å². The molecule has 0 atom stereocenters. The lowest BCUT2D eigenvalue weighted by atomic mass is 10.1. The number of non-ortho nitro benzene ring substituents is 1. The van der Waals surface area contributed by atoms with Crippen LogP contribution in [0.4, 0.5) is 5.69 Å². The quantitative estimate of drug-likeness (QED) is 0.334. The summed E-state index contributed by atoms with van der Waals surface area (Å²) >= 11 is 6.71. The van der Waals surface area contributed by atoms with E-state index in [9.17, 15) is 10.1 Å². The van der Waals surface area contributed by atoms with Gasteiger partial charge in [-0.05, 0) is 23.8 Å². The Bertz CT molecular complexity index is 1090. The molecule has 0 aliphatic heterocycles. The highest BCUT2D eigenvalue weighted by Crippen LogP contribution is 2.38. The first kappa shape index (κ1) is 16.4. The van der Waals surface area contributed by atoms with Gasteiger partial charge in [-0.2, -0.15) is 0 Å².